The van der Waals surface area contributed by atoms with Gasteiger partial charge in [-0.15, -0.1) is 0 Å². The van der Waals surface area contributed by atoms with Crippen LogP contribution in [-0.4, -0.2) is 50.0 Å². The Morgan fingerprint density at radius 3 is 2.69 bits per heavy atom. The van der Waals surface area contributed by atoms with Gasteiger partial charge in [-0.05, 0) is 29.8 Å². The maximum Gasteiger partial charge on any atom is 0.259 e. The molecule has 1 aliphatic rings. The minimum atomic E-state index is -0.226. The summed E-state index contributed by atoms with van der Waals surface area (Å²) in [5.74, 6) is 0.693. The molecule has 1 aliphatic heterocycles. The van der Waals surface area contributed by atoms with Gasteiger partial charge in [-0.25, -0.2) is 10.4 Å². The van der Waals surface area contributed by atoms with E-state index in [1.54, 1.807) is 12.4 Å². The van der Waals surface area contributed by atoms with E-state index >= 15 is 0 Å². The van der Waals surface area contributed by atoms with Crippen LogP contribution in [0.2, 0.25) is 0 Å². The Morgan fingerprint density at radius 2 is 2.00 bits per heavy atom. The number of halogens is 1. The highest BCUT2D eigenvalue weighted by Crippen LogP contribution is 2.15. The molecular weight excluding hydrogens is 398 g/mol. The molecule has 0 spiro atoms. The fourth-order valence-corrected chi connectivity index (χ4v) is 2.68. The van der Waals surface area contributed by atoms with E-state index in [1.807, 2.05) is 36.4 Å². The Bertz CT molecular complexity index is 743. The van der Waals surface area contributed by atoms with Crippen LogP contribution in [-0.2, 0) is 9.53 Å². The molecule has 2 heterocycles. The van der Waals surface area contributed by atoms with Crippen LogP contribution in [0, 0.1) is 0 Å². The molecule has 1 amide bonds. The van der Waals surface area contributed by atoms with E-state index in [4.69, 9.17) is 4.74 Å². The molecule has 1 fully saturated rings. The van der Waals surface area contributed by atoms with E-state index < -0.39 is 0 Å². The molecule has 136 valence electrons. The maximum absolute atomic E-state index is 11.8. The van der Waals surface area contributed by atoms with Crippen molar-refractivity contribution in [3.05, 3.63) is 52.6 Å². The van der Waals surface area contributed by atoms with Gasteiger partial charge in [-0.2, -0.15) is 5.10 Å². The zero-order chi connectivity index (χ0) is 18.2. The van der Waals surface area contributed by atoms with Gasteiger partial charge in [0.2, 0.25) is 0 Å². The third kappa shape index (κ3) is 5.53. The van der Waals surface area contributed by atoms with Crippen LogP contribution in [0.1, 0.15) is 5.56 Å². The number of nitrogens with one attached hydrogen (secondary N) is 2. The number of morpholine rings is 1. The maximum atomic E-state index is 11.8. The molecule has 0 atom stereocenters. The summed E-state index contributed by atoms with van der Waals surface area (Å²) in [6.07, 6.45) is 3.33. The minimum absolute atomic E-state index is 0.121. The Labute approximate surface area is 160 Å². The van der Waals surface area contributed by atoms with Crippen molar-refractivity contribution in [3.8, 4) is 0 Å². The highest BCUT2D eigenvalue weighted by molar-refractivity contribution is 9.10. The number of hydrogen-bond donors (Lipinski definition) is 2. The van der Waals surface area contributed by atoms with Crippen molar-refractivity contribution >= 4 is 39.6 Å². The first kappa shape index (κ1) is 18.3. The Balaban J connectivity index is 1.43. The monoisotopic (exact) mass is 417 g/mol. The number of carbonyl (C=O) groups is 1. The van der Waals surface area contributed by atoms with E-state index in [0.717, 1.165) is 47.8 Å². The standard InChI is InChI=1S/C18H20BrN5O2/c19-15-3-1-14(2-4-15)11-22-23-18(25)13-20-16-5-6-17(21-12-16)24-7-9-26-10-8-24/h1-6,11-12,20H,7-10,13H2,(H,23,25)/b22-11+. The quantitative estimate of drug-likeness (QED) is 0.556. The fraction of sp³-hybridized carbons (Fsp3) is 0.278. The molecule has 7 nitrogen and oxygen atoms in total. The summed E-state index contributed by atoms with van der Waals surface area (Å²) in [6.45, 7) is 3.26. The topological polar surface area (TPSA) is 78.9 Å². The van der Waals surface area contributed by atoms with Crippen molar-refractivity contribution in [2.45, 2.75) is 0 Å². The van der Waals surface area contributed by atoms with Crippen LogP contribution in [0.4, 0.5) is 11.5 Å². The van der Waals surface area contributed by atoms with Crippen LogP contribution in [0.3, 0.4) is 0 Å². The van der Waals surface area contributed by atoms with E-state index in [9.17, 15) is 4.79 Å². The van der Waals surface area contributed by atoms with Gasteiger partial charge in [0.1, 0.15) is 5.82 Å². The molecular formula is C18H20BrN5O2. The van der Waals surface area contributed by atoms with E-state index in [1.165, 1.54) is 0 Å². The Hall–Kier alpha value is -2.45. The zero-order valence-electron chi connectivity index (χ0n) is 14.2. The second-order valence-electron chi connectivity index (χ2n) is 5.70. The number of rotatable bonds is 6. The number of ether oxygens (including phenoxy) is 1. The van der Waals surface area contributed by atoms with Crippen LogP contribution >= 0.6 is 15.9 Å². The number of nitrogens with zero attached hydrogens (tertiary/aromatic N) is 3. The Kier molecular flexibility index (Phi) is 6.56. The summed E-state index contributed by atoms with van der Waals surface area (Å²) in [5, 5.41) is 6.98. The second-order valence-corrected chi connectivity index (χ2v) is 6.62. The van der Waals surface area contributed by atoms with Crippen molar-refractivity contribution < 1.29 is 9.53 Å². The largest absolute Gasteiger partial charge is 0.378 e. The van der Waals surface area contributed by atoms with Gasteiger partial charge < -0.3 is 15.0 Å². The zero-order valence-corrected chi connectivity index (χ0v) is 15.8. The highest BCUT2D eigenvalue weighted by Gasteiger charge is 2.11. The van der Waals surface area contributed by atoms with Crippen LogP contribution < -0.4 is 15.6 Å². The third-order valence-corrected chi connectivity index (χ3v) is 4.34. The molecule has 0 saturated carbocycles. The van der Waals surface area contributed by atoms with Gasteiger partial charge in [-0.1, -0.05) is 28.1 Å². The van der Waals surface area contributed by atoms with Crippen molar-refractivity contribution in [3.63, 3.8) is 0 Å². The van der Waals surface area contributed by atoms with E-state index in [2.05, 4.69) is 41.7 Å². The van der Waals surface area contributed by atoms with Crippen LogP contribution in [0.5, 0.6) is 0 Å². The number of anilines is 2. The molecule has 3 rings (SSSR count). The lowest BCUT2D eigenvalue weighted by Gasteiger charge is -2.27. The fourth-order valence-electron chi connectivity index (χ4n) is 2.42. The van der Waals surface area contributed by atoms with Gasteiger partial charge in [0.15, 0.2) is 0 Å². The SMILES string of the molecule is O=C(CNc1ccc(N2CCOCC2)nc1)N/N=C/c1ccc(Br)cc1. The van der Waals surface area contributed by atoms with Gasteiger partial charge in [0, 0.05) is 17.6 Å². The summed E-state index contributed by atoms with van der Waals surface area (Å²) >= 11 is 3.37. The first-order valence-corrected chi connectivity index (χ1v) is 9.10. The summed E-state index contributed by atoms with van der Waals surface area (Å²) in [5.41, 5.74) is 4.19. The van der Waals surface area contributed by atoms with Crippen molar-refractivity contribution in [1.29, 1.82) is 0 Å². The summed E-state index contributed by atoms with van der Waals surface area (Å²) in [6, 6.07) is 11.5. The number of aromatic nitrogens is 1. The molecule has 2 aromatic rings. The normalized spacial score (nSPS) is 14.4. The molecule has 1 aromatic heterocycles. The number of hydrogen-bond acceptors (Lipinski definition) is 6. The molecule has 1 saturated heterocycles. The highest BCUT2D eigenvalue weighted by atomic mass is 79.9. The van der Waals surface area contributed by atoms with Crippen LogP contribution in [0.15, 0.2) is 52.2 Å². The Morgan fingerprint density at radius 1 is 1.23 bits per heavy atom. The summed E-state index contributed by atoms with van der Waals surface area (Å²) in [7, 11) is 0. The van der Waals surface area contributed by atoms with E-state index in [-0.39, 0.29) is 12.5 Å². The molecule has 8 heteroatoms. The first-order valence-electron chi connectivity index (χ1n) is 8.31. The number of hydrazone groups is 1. The summed E-state index contributed by atoms with van der Waals surface area (Å²) in [4.78, 5) is 18.4. The van der Waals surface area contributed by atoms with E-state index in [0.29, 0.717) is 0 Å². The van der Waals surface area contributed by atoms with Crippen molar-refractivity contribution in [2.24, 2.45) is 5.10 Å². The molecule has 26 heavy (non-hydrogen) atoms. The molecule has 0 radical (unpaired) electrons. The van der Waals surface area contributed by atoms with Gasteiger partial charge >= 0.3 is 0 Å². The van der Waals surface area contributed by atoms with Gasteiger partial charge in [0.05, 0.1) is 37.9 Å². The molecule has 1 aromatic carbocycles. The average Bonchev–Trinajstić information content (AvgIpc) is 2.69. The molecule has 0 aliphatic carbocycles. The lowest BCUT2D eigenvalue weighted by Crippen LogP contribution is -2.36. The average molecular weight is 418 g/mol. The number of benzene rings is 1. The molecule has 0 bridgehead atoms. The van der Waals surface area contributed by atoms with Gasteiger partial charge in [0.25, 0.3) is 5.91 Å². The smallest absolute Gasteiger partial charge is 0.259 e. The second kappa shape index (κ2) is 9.30. The van der Waals surface area contributed by atoms with Crippen molar-refractivity contribution in [2.75, 3.05) is 43.1 Å². The number of pyridine rings is 1. The lowest BCUT2D eigenvalue weighted by atomic mass is 10.2. The molecule has 2 N–H and O–H groups in total. The number of carbonyl (C=O) groups excluding carboxylic acids is 1. The summed E-state index contributed by atoms with van der Waals surface area (Å²) < 4.78 is 6.33. The predicted octanol–water partition coefficient (Wildman–Crippen LogP) is 2.24. The van der Waals surface area contributed by atoms with Crippen molar-refractivity contribution in [1.82, 2.24) is 10.4 Å². The van der Waals surface area contributed by atoms with Crippen LogP contribution in [0.25, 0.3) is 0 Å². The number of amides is 1. The predicted molar refractivity (Wildman–Crippen MR) is 106 cm³/mol. The van der Waals surface area contributed by atoms with Gasteiger partial charge in [-0.3, -0.25) is 4.79 Å². The lowest BCUT2D eigenvalue weighted by molar-refractivity contribution is -0.119. The minimum Gasteiger partial charge on any atom is -0.378 e. The molecule has 0 unspecified atom stereocenters. The third-order valence-electron chi connectivity index (χ3n) is 3.81. The first-order chi connectivity index (χ1) is 12.7.